The highest BCUT2D eigenvalue weighted by molar-refractivity contribution is 6.35. The normalized spacial score (nSPS) is 23.5. The van der Waals surface area contributed by atoms with Crippen molar-refractivity contribution in [2.24, 2.45) is 17.6 Å². The number of nitrogens with two attached hydrogens (primary N) is 1. The first-order valence-electron chi connectivity index (χ1n) is 6.43. The molecule has 1 aliphatic carbocycles. The molecule has 2 atom stereocenters. The van der Waals surface area contributed by atoms with Crippen LogP contribution >= 0.6 is 23.2 Å². The van der Waals surface area contributed by atoms with Gasteiger partial charge in [0.05, 0.1) is 13.2 Å². The monoisotopic (exact) mass is 287 g/mol. The van der Waals surface area contributed by atoms with Gasteiger partial charge in [-0.3, -0.25) is 0 Å². The van der Waals surface area contributed by atoms with Crippen LogP contribution in [0.15, 0.2) is 18.2 Å². The Morgan fingerprint density at radius 3 is 2.50 bits per heavy atom. The number of hydrogen-bond acceptors (Lipinski definition) is 2. The van der Waals surface area contributed by atoms with Crippen molar-refractivity contribution in [2.75, 3.05) is 13.2 Å². The minimum Gasteiger partial charge on any atom is -0.376 e. The molecule has 1 aromatic rings. The first-order valence-corrected chi connectivity index (χ1v) is 7.18. The van der Waals surface area contributed by atoms with Gasteiger partial charge in [0.25, 0.3) is 0 Å². The Balaban J connectivity index is 1.85. The fourth-order valence-electron chi connectivity index (χ4n) is 2.63. The SMILES string of the molecule is NCC1CCCC1COCc1c(Cl)cccc1Cl. The highest BCUT2D eigenvalue weighted by Gasteiger charge is 2.26. The number of halogens is 2. The summed E-state index contributed by atoms with van der Waals surface area (Å²) >= 11 is 12.2. The Hall–Kier alpha value is -0.280. The van der Waals surface area contributed by atoms with E-state index in [1.807, 2.05) is 18.2 Å². The topological polar surface area (TPSA) is 35.2 Å². The molecular formula is C14H19Cl2NO. The van der Waals surface area contributed by atoms with Gasteiger partial charge in [0.15, 0.2) is 0 Å². The van der Waals surface area contributed by atoms with Crippen LogP contribution in [0.5, 0.6) is 0 Å². The van der Waals surface area contributed by atoms with Gasteiger partial charge in [0.1, 0.15) is 0 Å². The van der Waals surface area contributed by atoms with E-state index in [1.54, 1.807) is 0 Å². The van der Waals surface area contributed by atoms with Crippen LogP contribution in [0.25, 0.3) is 0 Å². The van der Waals surface area contributed by atoms with Crippen molar-refractivity contribution >= 4 is 23.2 Å². The molecule has 1 saturated carbocycles. The first kappa shape index (κ1) is 14.1. The molecule has 1 aromatic carbocycles. The Labute approximate surface area is 118 Å². The highest BCUT2D eigenvalue weighted by Crippen LogP contribution is 2.32. The second kappa shape index (κ2) is 6.76. The van der Waals surface area contributed by atoms with Crippen LogP contribution in [0, 0.1) is 11.8 Å². The summed E-state index contributed by atoms with van der Waals surface area (Å²) in [5, 5.41) is 1.34. The molecule has 0 amide bonds. The molecule has 2 nitrogen and oxygen atoms in total. The molecule has 100 valence electrons. The van der Waals surface area contributed by atoms with Crippen LogP contribution in [0.4, 0.5) is 0 Å². The molecule has 2 rings (SSSR count). The lowest BCUT2D eigenvalue weighted by Gasteiger charge is -2.18. The van der Waals surface area contributed by atoms with Gasteiger partial charge in [0.2, 0.25) is 0 Å². The Bertz CT molecular complexity index is 377. The predicted molar refractivity (Wildman–Crippen MR) is 76.0 cm³/mol. The van der Waals surface area contributed by atoms with E-state index in [2.05, 4.69) is 0 Å². The van der Waals surface area contributed by atoms with Gasteiger partial charge >= 0.3 is 0 Å². The molecule has 0 saturated heterocycles. The molecule has 1 aliphatic rings. The molecular weight excluding hydrogens is 269 g/mol. The zero-order chi connectivity index (χ0) is 13.0. The quantitative estimate of drug-likeness (QED) is 0.892. The second-order valence-corrected chi connectivity index (χ2v) is 5.72. The molecule has 0 heterocycles. The molecule has 0 spiro atoms. The van der Waals surface area contributed by atoms with E-state index < -0.39 is 0 Å². The van der Waals surface area contributed by atoms with E-state index in [-0.39, 0.29) is 0 Å². The zero-order valence-electron chi connectivity index (χ0n) is 10.4. The summed E-state index contributed by atoms with van der Waals surface area (Å²) in [4.78, 5) is 0. The predicted octanol–water partition coefficient (Wildman–Crippen LogP) is 3.89. The van der Waals surface area contributed by atoms with Crippen LogP contribution in [0.2, 0.25) is 10.0 Å². The van der Waals surface area contributed by atoms with Crippen LogP contribution in [-0.2, 0) is 11.3 Å². The number of ether oxygens (including phenoxy) is 1. The van der Waals surface area contributed by atoms with Crippen molar-refractivity contribution in [3.8, 4) is 0 Å². The summed E-state index contributed by atoms with van der Waals surface area (Å²) in [6.07, 6.45) is 3.72. The lowest BCUT2D eigenvalue weighted by atomic mass is 9.97. The minimum atomic E-state index is 0.478. The molecule has 0 radical (unpaired) electrons. The van der Waals surface area contributed by atoms with Crippen molar-refractivity contribution in [3.63, 3.8) is 0 Å². The van der Waals surface area contributed by atoms with Crippen LogP contribution < -0.4 is 5.73 Å². The van der Waals surface area contributed by atoms with E-state index in [0.29, 0.717) is 28.5 Å². The Morgan fingerprint density at radius 2 is 1.83 bits per heavy atom. The lowest BCUT2D eigenvalue weighted by Crippen LogP contribution is -2.22. The summed E-state index contributed by atoms with van der Waals surface area (Å²) in [5.41, 5.74) is 6.64. The van der Waals surface area contributed by atoms with Crippen molar-refractivity contribution in [1.82, 2.24) is 0 Å². The first-order chi connectivity index (χ1) is 8.72. The standard InChI is InChI=1S/C14H19Cl2NO/c15-13-5-2-6-14(16)12(13)9-18-8-11-4-1-3-10(11)7-17/h2,5-6,10-11H,1,3-4,7-9,17H2. The largest absolute Gasteiger partial charge is 0.376 e. The molecule has 18 heavy (non-hydrogen) atoms. The molecule has 0 aromatic heterocycles. The van der Waals surface area contributed by atoms with Gasteiger partial charge in [0, 0.05) is 15.6 Å². The smallest absolute Gasteiger partial charge is 0.0746 e. The second-order valence-electron chi connectivity index (χ2n) is 4.90. The van der Waals surface area contributed by atoms with E-state index >= 15 is 0 Å². The third kappa shape index (κ3) is 3.39. The average molecular weight is 288 g/mol. The molecule has 2 unspecified atom stereocenters. The third-order valence-electron chi connectivity index (χ3n) is 3.76. The fourth-order valence-corrected chi connectivity index (χ4v) is 3.13. The van der Waals surface area contributed by atoms with Crippen molar-refractivity contribution in [1.29, 1.82) is 0 Å². The van der Waals surface area contributed by atoms with Crippen molar-refractivity contribution < 1.29 is 4.74 Å². The number of hydrogen-bond donors (Lipinski definition) is 1. The van der Waals surface area contributed by atoms with E-state index in [4.69, 9.17) is 33.7 Å². The fraction of sp³-hybridized carbons (Fsp3) is 0.571. The highest BCUT2D eigenvalue weighted by atomic mass is 35.5. The van der Waals surface area contributed by atoms with E-state index in [9.17, 15) is 0 Å². The molecule has 4 heteroatoms. The van der Waals surface area contributed by atoms with Crippen LogP contribution in [0.1, 0.15) is 24.8 Å². The number of rotatable bonds is 5. The van der Waals surface area contributed by atoms with Crippen molar-refractivity contribution in [3.05, 3.63) is 33.8 Å². The lowest BCUT2D eigenvalue weighted by molar-refractivity contribution is 0.0754. The van der Waals surface area contributed by atoms with Gasteiger partial charge in [-0.05, 0) is 43.4 Å². The van der Waals surface area contributed by atoms with Gasteiger partial charge in [-0.25, -0.2) is 0 Å². The van der Waals surface area contributed by atoms with Gasteiger partial charge < -0.3 is 10.5 Å². The maximum absolute atomic E-state index is 6.10. The van der Waals surface area contributed by atoms with Gasteiger partial charge in [-0.15, -0.1) is 0 Å². The average Bonchev–Trinajstić information content (AvgIpc) is 2.80. The van der Waals surface area contributed by atoms with Gasteiger partial charge in [-0.1, -0.05) is 35.7 Å². The van der Waals surface area contributed by atoms with E-state index in [1.165, 1.54) is 19.3 Å². The summed E-state index contributed by atoms with van der Waals surface area (Å²) in [6, 6.07) is 5.52. The van der Waals surface area contributed by atoms with Crippen LogP contribution in [-0.4, -0.2) is 13.2 Å². The van der Waals surface area contributed by atoms with Gasteiger partial charge in [-0.2, -0.15) is 0 Å². The molecule has 1 fully saturated rings. The summed E-state index contributed by atoms with van der Waals surface area (Å²) in [5.74, 6) is 1.21. The van der Waals surface area contributed by atoms with E-state index in [0.717, 1.165) is 18.7 Å². The Morgan fingerprint density at radius 1 is 1.17 bits per heavy atom. The van der Waals surface area contributed by atoms with Crippen molar-refractivity contribution in [2.45, 2.75) is 25.9 Å². The summed E-state index contributed by atoms with van der Waals surface area (Å²) < 4.78 is 5.77. The van der Waals surface area contributed by atoms with Crippen LogP contribution in [0.3, 0.4) is 0 Å². The minimum absolute atomic E-state index is 0.478. The molecule has 0 bridgehead atoms. The maximum Gasteiger partial charge on any atom is 0.0746 e. The Kier molecular flexibility index (Phi) is 5.31. The molecule has 2 N–H and O–H groups in total. The maximum atomic E-state index is 6.10. The third-order valence-corrected chi connectivity index (χ3v) is 4.47. The zero-order valence-corrected chi connectivity index (χ0v) is 11.9. The summed E-state index contributed by atoms with van der Waals surface area (Å²) in [6.45, 7) is 2.00. The molecule has 0 aliphatic heterocycles. The summed E-state index contributed by atoms with van der Waals surface area (Å²) in [7, 11) is 0. The number of benzene rings is 1.